The molecule has 1 rings (SSSR count). The highest BCUT2D eigenvalue weighted by Gasteiger charge is 1.79. The van der Waals surface area contributed by atoms with E-state index in [1.807, 2.05) is 0 Å². The lowest BCUT2D eigenvalue weighted by Gasteiger charge is -1.78. The van der Waals surface area contributed by atoms with Crippen LogP contribution < -0.4 is 5.73 Å². The Bertz CT molecular complexity index is 194. The molecule has 0 saturated heterocycles. The lowest BCUT2D eigenvalue weighted by Crippen LogP contribution is -2.05. The quantitative estimate of drug-likeness (QED) is 0.467. The molecule has 0 bridgehead atoms. The Hall–Kier alpha value is -1.34. The predicted molar refractivity (Wildman–Crippen MR) is 32.8 cm³/mol. The van der Waals surface area contributed by atoms with E-state index in [0.717, 1.165) is 0 Å². The minimum absolute atomic E-state index is 0.433. The summed E-state index contributed by atoms with van der Waals surface area (Å²) in [5.41, 5.74) is 5.26. The van der Waals surface area contributed by atoms with Crippen LogP contribution in [0.25, 0.3) is 0 Å². The van der Waals surface area contributed by atoms with E-state index in [4.69, 9.17) is 5.73 Å². The number of aliphatic imine (C=N–C) groups is 2. The summed E-state index contributed by atoms with van der Waals surface area (Å²) >= 11 is 0. The van der Waals surface area contributed by atoms with E-state index in [0.29, 0.717) is 5.84 Å². The Labute approximate surface area is 46.9 Å². The second-order valence-electron chi connectivity index (χ2n) is 1.25. The van der Waals surface area contributed by atoms with Crippen molar-refractivity contribution in [3.63, 3.8) is 0 Å². The lowest BCUT2D eigenvalue weighted by atomic mass is 10.6. The van der Waals surface area contributed by atoms with E-state index in [2.05, 4.69) is 15.9 Å². The molecule has 1 aliphatic rings. The molecule has 0 aromatic rings. The summed E-state index contributed by atoms with van der Waals surface area (Å²) in [7, 11) is 0. The summed E-state index contributed by atoms with van der Waals surface area (Å²) in [4.78, 5) is 7.37. The van der Waals surface area contributed by atoms with Gasteiger partial charge >= 0.3 is 0 Å². The zero-order valence-electron chi connectivity index (χ0n) is 4.20. The molecule has 0 atom stereocenters. The van der Waals surface area contributed by atoms with E-state index >= 15 is 0 Å². The molecule has 0 spiro atoms. The number of hydrogen-bond acceptors (Lipinski definition) is 3. The highest BCUT2D eigenvalue weighted by Crippen LogP contribution is 1.80. The molecular formula is C5H5N3. The second kappa shape index (κ2) is 2.09. The van der Waals surface area contributed by atoms with Crippen molar-refractivity contribution >= 4 is 11.7 Å². The fourth-order valence-corrected chi connectivity index (χ4v) is 0.336. The van der Waals surface area contributed by atoms with Crippen molar-refractivity contribution in [3.05, 3.63) is 18.5 Å². The lowest BCUT2D eigenvalue weighted by molar-refractivity contribution is 1.47. The van der Waals surface area contributed by atoms with Gasteiger partial charge in [-0.25, -0.2) is 9.98 Å². The van der Waals surface area contributed by atoms with E-state index in [1.54, 1.807) is 0 Å². The average molecular weight is 107 g/mol. The smallest absolute Gasteiger partial charge is 0.132 e. The third-order valence-electron chi connectivity index (χ3n) is 0.652. The maximum atomic E-state index is 5.26. The molecule has 0 fully saturated rings. The SMILES string of the molecule is NC1=NC=CN=C=C1. The second-order valence-corrected chi connectivity index (χ2v) is 1.25. The minimum atomic E-state index is 0.433. The molecule has 40 valence electrons. The van der Waals surface area contributed by atoms with Crippen molar-refractivity contribution in [1.29, 1.82) is 0 Å². The molecule has 1 aliphatic heterocycles. The van der Waals surface area contributed by atoms with E-state index in [9.17, 15) is 0 Å². The zero-order valence-corrected chi connectivity index (χ0v) is 4.20. The highest BCUT2D eigenvalue weighted by molar-refractivity contribution is 5.98. The van der Waals surface area contributed by atoms with E-state index < -0.39 is 0 Å². The number of nitrogens with zero attached hydrogens (tertiary/aromatic N) is 2. The van der Waals surface area contributed by atoms with E-state index in [1.165, 1.54) is 18.5 Å². The van der Waals surface area contributed by atoms with Gasteiger partial charge in [-0.15, -0.1) is 0 Å². The van der Waals surface area contributed by atoms with E-state index in [-0.39, 0.29) is 0 Å². The van der Waals surface area contributed by atoms with Crippen LogP contribution in [0.2, 0.25) is 0 Å². The van der Waals surface area contributed by atoms with Gasteiger partial charge in [0.15, 0.2) is 0 Å². The van der Waals surface area contributed by atoms with Crippen LogP contribution in [-0.4, -0.2) is 11.7 Å². The van der Waals surface area contributed by atoms with Crippen molar-refractivity contribution in [2.75, 3.05) is 0 Å². The van der Waals surface area contributed by atoms with Crippen LogP contribution in [0.5, 0.6) is 0 Å². The number of rotatable bonds is 0. The molecule has 1 heterocycles. The van der Waals surface area contributed by atoms with Crippen LogP contribution >= 0.6 is 0 Å². The summed E-state index contributed by atoms with van der Waals surface area (Å²) < 4.78 is 0. The van der Waals surface area contributed by atoms with Crippen molar-refractivity contribution in [2.24, 2.45) is 15.7 Å². The molecule has 0 amide bonds. The Morgan fingerprint density at radius 1 is 1.50 bits per heavy atom. The Morgan fingerprint density at radius 3 is 3.25 bits per heavy atom. The van der Waals surface area contributed by atoms with Crippen LogP contribution in [0.1, 0.15) is 0 Å². The van der Waals surface area contributed by atoms with Gasteiger partial charge in [-0.2, -0.15) is 0 Å². The first-order valence-corrected chi connectivity index (χ1v) is 2.16. The van der Waals surface area contributed by atoms with Crippen LogP contribution in [0.3, 0.4) is 0 Å². The molecular weight excluding hydrogens is 102 g/mol. The standard InChI is InChI=1S/C5H5N3/c6-5-1-2-7-3-4-8-5/h1,3-4H,(H2,6,8). The molecule has 2 N–H and O–H groups in total. The van der Waals surface area contributed by atoms with Gasteiger partial charge in [-0.1, -0.05) is 0 Å². The number of nitrogens with two attached hydrogens (primary N) is 1. The van der Waals surface area contributed by atoms with Gasteiger partial charge in [0, 0.05) is 12.3 Å². The highest BCUT2D eigenvalue weighted by atomic mass is 14.8. The maximum Gasteiger partial charge on any atom is 0.132 e. The zero-order chi connectivity index (χ0) is 5.82. The van der Waals surface area contributed by atoms with Gasteiger partial charge in [0.2, 0.25) is 0 Å². The first-order chi connectivity index (χ1) is 3.89. The third-order valence-corrected chi connectivity index (χ3v) is 0.652. The summed E-state index contributed by atoms with van der Waals surface area (Å²) in [6.45, 7) is 0. The van der Waals surface area contributed by atoms with Crippen LogP contribution in [0, 0.1) is 0 Å². The molecule has 8 heavy (non-hydrogen) atoms. The largest absolute Gasteiger partial charge is 0.383 e. The molecule has 3 nitrogen and oxygen atoms in total. The van der Waals surface area contributed by atoms with Crippen molar-refractivity contribution < 1.29 is 0 Å². The molecule has 0 aliphatic carbocycles. The fourth-order valence-electron chi connectivity index (χ4n) is 0.336. The van der Waals surface area contributed by atoms with Gasteiger partial charge in [-0.05, 0) is 5.87 Å². The van der Waals surface area contributed by atoms with Crippen LogP contribution in [0.4, 0.5) is 0 Å². The van der Waals surface area contributed by atoms with Gasteiger partial charge < -0.3 is 5.73 Å². The Balaban J connectivity index is 2.94. The van der Waals surface area contributed by atoms with Crippen molar-refractivity contribution in [3.8, 4) is 0 Å². The summed E-state index contributed by atoms with van der Waals surface area (Å²) in [5, 5.41) is 0. The average Bonchev–Trinajstić information content (AvgIpc) is 1.94. The summed E-state index contributed by atoms with van der Waals surface area (Å²) in [5.74, 6) is 2.99. The maximum absolute atomic E-state index is 5.26. The summed E-state index contributed by atoms with van der Waals surface area (Å²) in [6, 6.07) is 0. The molecule has 0 radical (unpaired) electrons. The molecule has 0 aromatic heterocycles. The van der Waals surface area contributed by atoms with Gasteiger partial charge in [0.05, 0.1) is 6.20 Å². The van der Waals surface area contributed by atoms with Gasteiger partial charge in [0.25, 0.3) is 0 Å². The molecule has 3 heteroatoms. The van der Waals surface area contributed by atoms with Crippen molar-refractivity contribution in [2.45, 2.75) is 0 Å². The molecule has 0 aromatic carbocycles. The minimum Gasteiger partial charge on any atom is -0.383 e. The normalized spacial score (nSPS) is 15.8. The van der Waals surface area contributed by atoms with Crippen LogP contribution in [0.15, 0.2) is 28.5 Å². The van der Waals surface area contributed by atoms with Crippen LogP contribution in [-0.2, 0) is 0 Å². The Morgan fingerprint density at radius 2 is 2.38 bits per heavy atom. The molecule has 0 unspecified atom stereocenters. The van der Waals surface area contributed by atoms with Gasteiger partial charge in [-0.3, -0.25) is 0 Å². The predicted octanol–water partition coefficient (Wildman–Crippen LogP) is 0.0543. The molecule has 0 saturated carbocycles. The fraction of sp³-hybridized carbons (Fsp3) is 0. The number of amidine groups is 1. The summed E-state index contributed by atoms with van der Waals surface area (Å²) in [6.07, 6.45) is 4.56. The number of hydrogen-bond donors (Lipinski definition) is 1. The van der Waals surface area contributed by atoms with Gasteiger partial charge in [0.1, 0.15) is 5.84 Å². The first kappa shape index (κ1) is 4.81. The topological polar surface area (TPSA) is 50.7 Å². The van der Waals surface area contributed by atoms with Crippen molar-refractivity contribution in [1.82, 2.24) is 0 Å². The third kappa shape index (κ3) is 1.06. The Kier molecular flexibility index (Phi) is 1.26. The first-order valence-electron chi connectivity index (χ1n) is 2.16. The monoisotopic (exact) mass is 107 g/mol.